The Balaban J connectivity index is 0.000000287. The summed E-state index contributed by atoms with van der Waals surface area (Å²) >= 11 is 0. The monoisotopic (exact) mass is 462 g/mol. The summed E-state index contributed by atoms with van der Waals surface area (Å²) in [4.78, 5) is 15.6. The molecule has 3 rings (SSSR count). The van der Waals surface area contributed by atoms with Gasteiger partial charge in [-0.3, -0.25) is 15.2 Å². The zero-order valence-electron chi connectivity index (χ0n) is 19.8. The normalized spacial score (nSPS) is 13.4. The predicted octanol–water partition coefficient (Wildman–Crippen LogP) is 4.56. The molecule has 4 N–H and O–H groups in total. The standard InChI is InChI=1S/C17H16FN3O.C10H15NO/c1-11(22)16(19)15(12-7-9-21-10-8-12)17(20)13-3-2-4-14(18)6-5-13;1-11-8-7-9-3-5-10(12-2)6-4-9/h2,4-10,20H,3,19H2,1H3;3-6,11H,7-8H2,1-2H3/b16-15-,20-17?;. The number of allylic oxidation sites excluding steroid dienone is 8. The zero-order valence-corrected chi connectivity index (χ0v) is 19.8. The van der Waals surface area contributed by atoms with E-state index in [9.17, 15) is 9.18 Å². The maximum absolute atomic E-state index is 13.3. The van der Waals surface area contributed by atoms with Crippen molar-refractivity contribution in [3.63, 3.8) is 0 Å². The highest BCUT2D eigenvalue weighted by Gasteiger charge is 2.18. The van der Waals surface area contributed by atoms with Crippen LogP contribution in [0.1, 0.15) is 24.5 Å². The van der Waals surface area contributed by atoms with E-state index in [1.165, 1.54) is 30.7 Å². The van der Waals surface area contributed by atoms with Gasteiger partial charge in [-0.05, 0) is 79.6 Å². The molecule has 6 nitrogen and oxygen atoms in total. The molecule has 2 aromatic rings. The van der Waals surface area contributed by atoms with E-state index in [1.54, 1.807) is 37.7 Å². The Morgan fingerprint density at radius 2 is 1.85 bits per heavy atom. The summed E-state index contributed by atoms with van der Waals surface area (Å²) < 4.78 is 18.3. The number of aromatic nitrogens is 1. The van der Waals surface area contributed by atoms with Crippen molar-refractivity contribution in [2.75, 3.05) is 20.7 Å². The van der Waals surface area contributed by atoms with E-state index in [-0.39, 0.29) is 23.0 Å². The van der Waals surface area contributed by atoms with Gasteiger partial charge in [0, 0.05) is 24.9 Å². The van der Waals surface area contributed by atoms with E-state index >= 15 is 0 Å². The van der Waals surface area contributed by atoms with Crippen LogP contribution in [-0.2, 0) is 11.2 Å². The second-order valence-corrected chi connectivity index (χ2v) is 7.51. The minimum absolute atomic E-state index is 0.00905. The topological polar surface area (TPSA) is 101 Å². The number of benzene rings is 1. The lowest BCUT2D eigenvalue weighted by Gasteiger charge is -2.14. The highest BCUT2D eigenvalue weighted by atomic mass is 19.1. The molecule has 1 aromatic carbocycles. The maximum atomic E-state index is 13.3. The highest BCUT2D eigenvalue weighted by molar-refractivity contribution is 6.34. The Bertz CT molecular complexity index is 1100. The van der Waals surface area contributed by atoms with Gasteiger partial charge in [-0.25, -0.2) is 4.39 Å². The Labute approximate surface area is 200 Å². The second kappa shape index (κ2) is 13.6. The van der Waals surface area contributed by atoms with E-state index in [2.05, 4.69) is 22.4 Å². The number of rotatable bonds is 8. The summed E-state index contributed by atoms with van der Waals surface area (Å²) in [6.07, 6.45) is 10.4. The van der Waals surface area contributed by atoms with E-state index in [4.69, 9.17) is 15.9 Å². The molecule has 1 aliphatic carbocycles. The average molecular weight is 463 g/mol. The molecule has 7 heteroatoms. The number of carbonyl (C=O) groups excluding carboxylic acids is 1. The van der Waals surface area contributed by atoms with Crippen LogP contribution in [-0.4, -0.2) is 37.2 Å². The number of pyridine rings is 1. The SMILES string of the molecule is CC(=O)/C(N)=C(/C(=N)C1=CC=C(F)C=CC1)c1ccncc1.CNCCc1ccc(OC)cc1. The number of likely N-dealkylation sites (N-methyl/N-ethyl adjacent to an activating group) is 1. The highest BCUT2D eigenvalue weighted by Crippen LogP contribution is 2.25. The lowest BCUT2D eigenvalue weighted by Crippen LogP contribution is -2.16. The van der Waals surface area contributed by atoms with Crippen LogP contribution in [0.3, 0.4) is 0 Å². The summed E-state index contributed by atoms with van der Waals surface area (Å²) in [5.74, 6) is 0.225. The van der Waals surface area contributed by atoms with Gasteiger partial charge in [-0.15, -0.1) is 0 Å². The molecule has 0 aliphatic heterocycles. The summed E-state index contributed by atoms with van der Waals surface area (Å²) in [5.41, 5.74) is 8.91. The van der Waals surface area contributed by atoms with E-state index in [0.29, 0.717) is 23.1 Å². The van der Waals surface area contributed by atoms with Gasteiger partial charge in [0.2, 0.25) is 0 Å². The number of ether oxygens (including phenoxy) is 1. The molecule has 34 heavy (non-hydrogen) atoms. The van der Waals surface area contributed by atoms with Crippen LogP contribution < -0.4 is 15.8 Å². The lowest BCUT2D eigenvalue weighted by atomic mass is 9.92. The number of methoxy groups -OCH3 is 1. The van der Waals surface area contributed by atoms with Crippen molar-refractivity contribution >= 4 is 17.1 Å². The maximum Gasteiger partial charge on any atom is 0.176 e. The largest absolute Gasteiger partial charge is 0.497 e. The quantitative estimate of drug-likeness (QED) is 0.394. The number of halogens is 1. The molecule has 0 amide bonds. The summed E-state index contributed by atoms with van der Waals surface area (Å²) in [5, 5.41) is 11.5. The van der Waals surface area contributed by atoms with Crippen LogP contribution in [0, 0.1) is 5.41 Å². The molecule has 1 aromatic heterocycles. The number of carbonyl (C=O) groups is 1. The first-order valence-corrected chi connectivity index (χ1v) is 10.9. The number of nitrogens with one attached hydrogen (secondary N) is 2. The fraction of sp³-hybridized carbons (Fsp3) is 0.222. The van der Waals surface area contributed by atoms with Gasteiger partial charge in [-0.2, -0.15) is 0 Å². The molecule has 1 heterocycles. The Morgan fingerprint density at radius 1 is 1.18 bits per heavy atom. The minimum Gasteiger partial charge on any atom is -0.497 e. The molecule has 0 unspecified atom stereocenters. The van der Waals surface area contributed by atoms with Crippen LogP contribution in [0.25, 0.3) is 5.57 Å². The number of ketones is 1. The molecule has 0 saturated carbocycles. The fourth-order valence-corrected chi connectivity index (χ4v) is 3.14. The third-order valence-corrected chi connectivity index (χ3v) is 5.07. The molecular weight excluding hydrogens is 431 g/mol. The van der Waals surface area contributed by atoms with Crippen LogP contribution in [0.2, 0.25) is 0 Å². The summed E-state index contributed by atoms with van der Waals surface area (Å²) in [6.45, 7) is 2.37. The van der Waals surface area contributed by atoms with Gasteiger partial charge in [0.15, 0.2) is 5.78 Å². The summed E-state index contributed by atoms with van der Waals surface area (Å²) in [7, 11) is 3.64. The van der Waals surface area contributed by atoms with Gasteiger partial charge >= 0.3 is 0 Å². The fourth-order valence-electron chi connectivity index (χ4n) is 3.14. The first kappa shape index (κ1) is 26.4. The van der Waals surface area contributed by atoms with Crippen LogP contribution in [0.5, 0.6) is 5.75 Å². The summed E-state index contributed by atoms with van der Waals surface area (Å²) in [6, 6.07) is 11.5. The van der Waals surface area contributed by atoms with E-state index < -0.39 is 0 Å². The van der Waals surface area contributed by atoms with Crippen molar-refractivity contribution in [1.29, 1.82) is 5.41 Å². The van der Waals surface area contributed by atoms with Gasteiger partial charge < -0.3 is 15.8 Å². The number of hydrogen-bond donors (Lipinski definition) is 3. The smallest absolute Gasteiger partial charge is 0.176 e. The molecule has 0 radical (unpaired) electrons. The molecule has 0 atom stereocenters. The molecule has 0 saturated heterocycles. The second-order valence-electron chi connectivity index (χ2n) is 7.51. The van der Waals surface area contributed by atoms with Crippen LogP contribution in [0.15, 0.2) is 90.2 Å². The van der Waals surface area contributed by atoms with Crippen molar-refractivity contribution < 1.29 is 13.9 Å². The minimum atomic E-state index is -0.378. The molecular formula is C27H31FN4O2. The van der Waals surface area contributed by atoms with Gasteiger partial charge in [0.1, 0.15) is 11.6 Å². The Morgan fingerprint density at radius 3 is 2.44 bits per heavy atom. The zero-order chi connectivity index (χ0) is 24.9. The number of hydrogen-bond acceptors (Lipinski definition) is 6. The van der Waals surface area contributed by atoms with Gasteiger partial charge in [-0.1, -0.05) is 24.3 Å². The first-order valence-electron chi connectivity index (χ1n) is 10.9. The third-order valence-electron chi connectivity index (χ3n) is 5.07. The predicted molar refractivity (Wildman–Crippen MR) is 135 cm³/mol. The van der Waals surface area contributed by atoms with Crippen LogP contribution >= 0.6 is 0 Å². The molecule has 0 fully saturated rings. The number of nitrogens with two attached hydrogens (primary N) is 1. The third kappa shape index (κ3) is 7.94. The van der Waals surface area contributed by atoms with Gasteiger partial charge in [0.25, 0.3) is 0 Å². The Kier molecular flexibility index (Phi) is 10.6. The number of Topliss-reactive ketones (excluding diaryl/α,β-unsaturated/α-hetero) is 1. The molecule has 0 bridgehead atoms. The van der Waals surface area contributed by atoms with Crippen molar-refractivity contribution in [2.45, 2.75) is 19.8 Å². The molecule has 178 valence electrons. The Hall–Kier alpha value is -3.84. The van der Waals surface area contributed by atoms with Crippen molar-refractivity contribution in [2.24, 2.45) is 5.73 Å². The van der Waals surface area contributed by atoms with Crippen molar-refractivity contribution in [3.05, 3.63) is 101 Å². The van der Waals surface area contributed by atoms with E-state index in [1.807, 2.05) is 19.2 Å². The van der Waals surface area contributed by atoms with Crippen LogP contribution in [0.4, 0.5) is 4.39 Å². The number of nitrogens with zero attached hydrogens (tertiary/aromatic N) is 1. The lowest BCUT2D eigenvalue weighted by molar-refractivity contribution is -0.113. The first-order chi connectivity index (χ1) is 16.4. The van der Waals surface area contributed by atoms with Crippen molar-refractivity contribution in [3.8, 4) is 5.75 Å². The molecule has 1 aliphatic rings. The molecule has 0 spiro atoms. The van der Waals surface area contributed by atoms with Gasteiger partial charge in [0.05, 0.1) is 18.5 Å². The van der Waals surface area contributed by atoms with Crippen molar-refractivity contribution in [1.82, 2.24) is 10.3 Å². The van der Waals surface area contributed by atoms with E-state index in [0.717, 1.165) is 18.7 Å². The average Bonchev–Trinajstić information content (AvgIpc) is 3.08.